The van der Waals surface area contributed by atoms with Gasteiger partial charge in [-0.15, -0.1) is 0 Å². The van der Waals surface area contributed by atoms with Crippen molar-refractivity contribution in [1.29, 1.82) is 0 Å². The molecule has 4 aromatic rings. The van der Waals surface area contributed by atoms with Crippen LogP contribution in [0.1, 0.15) is 24.7 Å². The largest absolute Gasteiger partial charge is 0.341 e. The first-order valence-corrected chi connectivity index (χ1v) is 9.98. The Kier molecular flexibility index (Phi) is 4.60. The van der Waals surface area contributed by atoms with Gasteiger partial charge in [0, 0.05) is 36.3 Å². The lowest BCUT2D eigenvalue weighted by atomic mass is 9.96. The number of benzene rings is 2. The molecule has 0 bridgehead atoms. The summed E-state index contributed by atoms with van der Waals surface area (Å²) in [5, 5.41) is 5.28. The second-order valence-corrected chi connectivity index (χ2v) is 7.48. The van der Waals surface area contributed by atoms with Crippen molar-refractivity contribution in [3.8, 4) is 11.4 Å². The molecule has 0 radical (unpaired) electrons. The maximum Gasteiger partial charge on any atom is 0.242 e. The zero-order valence-electron chi connectivity index (χ0n) is 16.1. The van der Waals surface area contributed by atoms with Crippen LogP contribution >= 0.6 is 0 Å². The minimum Gasteiger partial charge on any atom is -0.341 e. The van der Waals surface area contributed by atoms with E-state index in [1.807, 2.05) is 58.1 Å². The van der Waals surface area contributed by atoms with E-state index in [9.17, 15) is 4.79 Å². The fourth-order valence-corrected chi connectivity index (χ4v) is 4.01. The van der Waals surface area contributed by atoms with Gasteiger partial charge in [0.05, 0.1) is 0 Å². The Labute approximate surface area is 168 Å². The van der Waals surface area contributed by atoms with Crippen molar-refractivity contribution >= 4 is 16.8 Å². The molecule has 1 saturated heterocycles. The van der Waals surface area contributed by atoms with Crippen molar-refractivity contribution in [3.05, 3.63) is 72.8 Å². The van der Waals surface area contributed by atoms with Crippen LogP contribution in [0.4, 0.5) is 0 Å². The Hall–Kier alpha value is -3.41. The van der Waals surface area contributed by atoms with E-state index >= 15 is 0 Å². The van der Waals surface area contributed by atoms with Crippen LogP contribution in [0.2, 0.25) is 0 Å². The number of rotatable bonds is 4. The van der Waals surface area contributed by atoms with Gasteiger partial charge in [0.2, 0.25) is 17.6 Å². The molecule has 0 unspecified atom stereocenters. The Balaban J connectivity index is 1.21. The van der Waals surface area contributed by atoms with Gasteiger partial charge in [-0.1, -0.05) is 53.7 Å². The van der Waals surface area contributed by atoms with Gasteiger partial charge in [-0.2, -0.15) is 4.98 Å². The van der Waals surface area contributed by atoms with Crippen molar-refractivity contribution in [3.63, 3.8) is 0 Å². The van der Waals surface area contributed by atoms with E-state index in [1.54, 1.807) is 0 Å². The first kappa shape index (κ1) is 17.7. The molecular formula is C23H22N4O2. The van der Waals surface area contributed by atoms with Crippen LogP contribution in [0, 0.1) is 0 Å². The fraction of sp³-hybridized carbons (Fsp3) is 0.261. The summed E-state index contributed by atoms with van der Waals surface area (Å²) >= 11 is 0. The van der Waals surface area contributed by atoms with E-state index in [-0.39, 0.29) is 11.8 Å². The summed E-state index contributed by atoms with van der Waals surface area (Å²) in [5.41, 5.74) is 2.05. The molecule has 6 heteroatoms. The van der Waals surface area contributed by atoms with Crippen LogP contribution in [0.3, 0.4) is 0 Å². The van der Waals surface area contributed by atoms with E-state index in [0.717, 1.165) is 29.3 Å². The standard InChI is InChI=1S/C23H22N4O2/c28-21(16-27-15-10-17-6-4-5-9-20(17)27)26-13-11-19(12-14-26)23-24-22(25-29-23)18-7-2-1-3-8-18/h1-10,15,19H,11-14,16H2. The number of hydrogen-bond donors (Lipinski definition) is 0. The lowest BCUT2D eigenvalue weighted by Gasteiger charge is -2.30. The summed E-state index contributed by atoms with van der Waals surface area (Å²) in [6.45, 7) is 1.80. The second kappa shape index (κ2) is 7.54. The number of fused-ring (bicyclic) bond motifs is 1. The summed E-state index contributed by atoms with van der Waals surface area (Å²) < 4.78 is 7.54. The van der Waals surface area contributed by atoms with Crippen molar-refractivity contribution in [2.75, 3.05) is 13.1 Å². The van der Waals surface area contributed by atoms with Crippen LogP contribution < -0.4 is 0 Å². The predicted molar refractivity (Wildman–Crippen MR) is 110 cm³/mol. The molecule has 0 atom stereocenters. The number of piperidine rings is 1. The van der Waals surface area contributed by atoms with Crippen LogP contribution in [0.5, 0.6) is 0 Å². The Bertz CT molecular complexity index is 1120. The predicted octanol–water partition coefficient (Wildman–Crippen LogP) is 4.10. The van der Waals surface area contributed by atoms with E-state index in [1.165, 1.54) is 0 Å². The molecule has 0 N–H and O–H groups in total. The topological polar surface area (TPSA) is 64.2 Å². The molecule has 1 aliphatic heterocycles. The highest BCUT2D eigenvalue weighted by Gasteiger charge is 2.27. The number of likely N-dealkylation sites (tertiary alicyclic amines) is 1. The zero-order chi connectivity index (χ0) is 19.6. The Morgan fingerprint density at radius 1 is 1.00 bits per heavy atom. The number of hydrogen-bond acceptors (Lipinski definition) is 4. The molecule has 146 valence electrons. The first-order chi connectivity index (χ1) is 14.3. The molecule has 2 aromatic carbocycles. The van der Waals surface area contributed by atoms with E-state index < -0.39 is 0 Å². The zero-order valence-corrected chi connectivity index (χ0v) is 16.1. The van der Waals surface area contributed by atoms with Crippen LogP contribution in [-0.4, -0.2) is 38.6 Å². The fourth-order valence-electron chi connectivity index (χ4n) is 4.01. The van der Waals surface area contributed by atoms with Gasteiger partial charge in [0.15, 0.2) is 0 Å². The molecule has 0 aliphatic carbocycles. The molecule has 0 saturated carbocycles. The van der Waals surface area contributed by atoms with Crippen molar-refractivity contribution < 1.29 is 9.32 Å². The minimum atomic E-state index is 0.153. The normalized spacial score (nSPS) is 15.1. The first-order valence-electron chi connectivity index (χ1n) is 9.98. The monoisotopic (exact) mass is 386 g/mol. The molecule has 2 aromatic heterocycles. The second-order valence-electron chi connectivity index (χ2n) is 7.48. The van der Waals surface area contributed by atoms with Crippen molar-refractivity contribution in [2.24, 2.45) is 0 Å². The summed E-state index contributed by atoms with van der Waals surface area (Å²) in [4.78, 5) is 19.3. The maximum absolute atomic E-state index is 12.8. The quantitative estimate of drug-likeness (QED) is 0.530. The van der Waals surface area contributed by atoms with Gasteiger partial charge in [-0.05, 0) is 30.4 Å². The highest BCUT2D eigenvalue weighted by molar-refractivity contribution is 5.83. The van der Waals surface area contributed by atoms with E-state index in [2.05, 4.69) is 28.3 Å². The number of nitrogens with zero attached hydrogens (tertiary/aromatic N) is 4. The number of carbonyl (C=O) groups is 1. The summed E-state index contributed by atoms with van der Waals surface area (Å²) in [7, 11) is 0. The molecule has 1 aliphatic rings. The highest BCUT2D eigenvalue weighted by Crippen LogP contribution is 2.28. The van der Waals surface area contributed by atoms with Gasteiger partial charge in [-0.25, -0.2) is 0 Å². The van der Waals surface area contributed by atoms with Gasteiger partial charge in [0.25, 0.3) is 0 Å². The third kappa shape index (κ3) is 3.53. The maximum atomic E-state index is 12.8. The van der Waals surface area contributed by atoms with Crippen molar-refractivity contribution in [1.82, 2.24) is 19.6 Å². The molecule has 5 rings (SSSR count). The third-order valence-corrected chi connectivity index (χ3v) is 5.66. The molecule has 1 amide bonds. The summed E-state index contributed by atoms with van der Waals surface area (Å²) in [6, 6.07) is 20.0. The number of carbonyl (C=O) groups excluding carboxylic acids is 1. The van der Waals surface area contributed by atoms with Gasteiger partial charge < -0.3 is 14.0 Å². The molecular weight excluding hydrogens is 364 g/mol. The van der Waals surface area contributed by atoms with Crippen molar-refractivity contribution in [2.45, 2.75) is 25.3 Å². The smallest absolute Gasteiger partial charge is 0.242 e. The molecule has 29 heavy (non-hydrogen) atoms. The van der Waals surface area contributed by atoms with E-state index in [4.69, 9.17) is 4.52 Å². The summed E-state index contributed by atoms with van der Waals surface area (Å²) in [6.07, 6.45) is 3.67. The Morgan fingerprint density at radius 2 is 1.76 bits per heavy atom. The minimum absolute atomic E-state index is 0.153. The molecule has 1 fully saturated rings. The number of amides is 1. The van der Waals surface area contributed by atoms with Crippen LogP contribution in [0.15, 0.2) is 71.4 Å². The van der Waals surface area contributed by atoms with Gasteiger partial charge in [-0.3, -0.25) is 4.79 Å². The van der Waals surface area contributed by atoms with E-state index in [0.29, 0.717) is 31.3 Å². The average molecular weight is 386 g/mol. The van der Waals surface area contributed by atoms with Gasteiger partial charge in [0.1, 0.15) is 6.54 Å². The Morgan fingerprint density at radius 3 is 2.59 bits per heavy atom. The summed E-state index contributed by atoms with van der Waals surface area (Å²) in [5.74, 6) is 1.66. The molecule has 6 nitrogen and oxygen atoms in total. The van der Waals surface area contributed by atoms with Crippen LogP contribution in [-0.2, 0) is 11.3 Å². The highest BCUT2D eigenvalue weighted by atomic mass is 16.5. The third-order valence-electron chi connectivity index (χ3n) is 5.66. The lowest BCUT2D eigenvalue weighted by Crippen LogP contribution is -2.39. The SMILES string of the molecule is O=C(Cn1ccc2ccccc21)N1CCC(c2nc(-c3ccccc3)no2)CC1. The van der Waals surface area contributed by atoms with Crippen LogP contribution in [0.25, 0.3) is 22.3 Å². The number of para-hydroxylation sites is 1. The molecule has 3 heterocycles. The average Bonchev–Trinajstić information content (AvgIpc) is 3.43. The molecule has 0 spiro atoms. The van der Waals surface area contributed by atoms with Gasteiger partial charge >= 0.3 is 0 Å². The number of aromatic nitrogens is 3. The lowest BCUT2D eigenvalue weighted by molar-refractivity contribution is -0.132.